The first-order valence-electron chi connectivity index (χ1n) is 6.28. The van der Waals surface area contributed by atoms with E-state index in [1.807, 2.05) is 25.1 Å². The maximum atomic E-state index is 6.22. The van der Waals surface area contributed by atoms with E-state index >= 15 is 0 Å². The van der Waals surface area contributed by atoms with Gasteiger partial charge in [0, 0.05) is 11.6 Å². The van der Waals surface area contributed by atoms with E-state index in [2.05, 4.69) is 23.4 Å². The average molecular weight is 285 g/mol. The van der Waals surface area contributed by atoms with Gasteiger partial charge in [-0.15, -0.1) is 11.6 Å². The third-order valence-electron chi connectivity index (χ3n) is 3.03. The lowest BCUT2D eigenvalue weighted by atomic mass is 10.1. The van der Waals surface area contributed by atoms with E-state index in [-0.39, 0.29) is 5.38 Å². The Kier molecular flexibility index (Phi) is 4.18. The molecule has 0 fully saturated rings. The second-order valence-corrected chi connectivity index (χ2v) is 6.14. The average Bonchev–Trinajstić information content (AvgIpc) is 2.64. The highest BCUT2D eigenvalue weighted by atomic mass is 35.5. The van der Waals surface area contributed by atoms with Crippen LogP contribution >= 0.6 is 23.2 Å². The number of hydrogen-bond acceptors (Lipinski definition) is 1. The van der Waals surface area contributed by atoms with Crippen molar-refractivity contribution in [3.05, 3.63) is 29.0 Å². The summed E-state index contributed by atoms with van der Waals surface area (Å²) < 4.78 is 2.21. The van der Waals surface area contributed by atoms with E-state index in [9.17, 15) is 0 Å². The fourth-order valence-electron chi connectivity index (χ4n) is 2.05. The lowest BCUT2D eigenvalue weighted by Gasteiger charge is -2.12. The normalized spacial score (nSPS) is 13.4. The Morgan fingerprint density at radius 2 is 2.00 bits per heavy atom. The van der Waals surface area contributed by atoms with Crippen LogP contribution in [0.5, 0.6) is 0 Å². The molecule has 0 radical (unpaired) electrons. The summed E-state index contributed by atoms with van der Waals surface area (Å²) in [5.41, 5.74) is 2.04. The molecule has 0 saturated carbocycles. The number of fused-ring (bicyclic) bond motifs is 1. The molecule has 98 valence electrons. The summed E-state index contributed by atoms with van der Waals surface area (Å²) >= 11 is 12.2. The molecule has 0 N–H and O–H groups in total. The van der Waals surface area contributed by atoms with Crippen LogP contribution in [0.1, 0.15) is 38.4 Å². The van der Waals surface area contributed by atoms with Crippen molar-refractivity contribution in [1.82, 2.24) is 9.55 Å². The number of alkyl halides is 1. The monoisotopic (exact) mass is 284 g/mol. The maximum absolute atomic E-state index is 6.22. The molecule has 1 heterocycles. The molecule has 0 bridgehead atoms. The molecule has 1 unspecified atom stereocenters. The number of benzene rings is 1. The van der Waals surface area contributed by atoms with Crippen molar-refractivity contribution >= 4 is 34.2 Å². The first kappa shape index (κ1) is 13.7. The fraction of sp³-hybridized carbons (Fsp3) is 0.500. The SMILES string of the molecule is CC(C)CCn1c(C(C)Cl)nc2cc(Cl)ccc21. The van der Waals surface area contributed by atoms with Gasteiger partial charge in [-0.25, -0.2) is 4.98 Å². The van der Waals surface area contributed by atoms with Gasteiger partial charge < -0.3 is 4.57 Å². The van der Waals surface area contributed by atoms with Gasteiger partial charge in [-0.05, 0) is 37.5 Å². The predicted molar refractivity (Wildman–Crippen MR) is 78.5 cm³/mol. The largest absolute Gasteiger partial charge is 0.327 e. The molecule has 0 spiro atoms. The van der Waals surface area contributed by atoms with Crippen molar-refractivity contribution < 1.29 is 0 Å². The molecule has 4 heteroatoms. The van der Waals surface area contributed by atoms with Crippen LogP contribution in [-0.4, -0.2) is 9.55 Å². The number of rotatable bonds is 4. The van der Waals surface area contributed by atoms with Gasteiger partial charge in [-0.1, -0.05) is 25.4 Å². The van der Waals surface area contributed by atoms with E-state index < -0.39 is 0 Å². The second kappa shape index (κ2) is 5.50. The Morgan fingerprint density at radius 3 is 2.61 bits per heavy atom. The van der Waals surface area contributed by atoms with Crippen molar-refractivity contribution in [3.8, 4) is 0 Å². The summed E-state index contributed by atoms with van der Waals surface area (Å²) in [5.74, 6) is 1.59. The molecule has 1 aromatic carbocycles. The van der Waals surface area contributed by atoms with Gasteiger partial charge >= 0.3 is 0 Å². The van der Waals surface area contributed by atoms with Gasteiger partial charge in [0.2, 0.25) is 0 Å². The maximum Gasteiger partial charge on any atom is 0.127 e. The highest BCUT2D eigenvalue weighted by Gasteiger charge is 2.15. The number of imidazole rings is 1. The predicted octanol–water partition coefficient (Wildman–Crippen LogP) is 5.04. The topological polar surface area (TPSA) is 17.8 Å². The molecule has 1 atom stereocenters. The smallest absolute Gasteiger partial charge is 0.127 e. The van der Waals surface area contributed by atoms with Crippen LogP contribution in [0.25, 0.3) is 11.0 Å². The Balaban J connectivity index is 2.48. The Morgan fingerprint density at radius 1 is 1.28 bits per heavy atom. The zero-order valence-electron chi connectivity index (χ0n) is 11.0. The van der Waals surface area contributed by atoms with Crippen LogP contribution in [0.3, 0.4) is 0 Å². The number of halogens is 2. The van der Waals surface area contributed by atoms with Crippen LogP contribution in [0.15, 0.2) is 18.2 Å². The number of nitrogens with zero attached hydrogens (tertiary/aromatic N) is 2. The first-order valence-corrected chi connectivity index (χ1v) is 7.10. The lowest BCUT2D eigenvalue weighted by molar-refractivity contribution is 0.512. The van der Waals surface area contributed by atoms with Gasteiger partial charge in [0.05, 0.1) is 16.4 Å². The summed E-state index contributed by atoms with van der Waals surface area (Å²) in [6.45, 7) is 7.35. The van der Waals surface area contributed by atoms with Crippen LogP contribution in [0.2, 0.25) is 5.02 Å². The molecule has 0 saturated heterocycles. The highest BCUT2D eigenvalue weighted by Crippen LogP contribution is 2.27. The van der Waals surface area contributed by atoms with Crippen molar-refractivity contribution in [2.24, 2.45) is 5.92 Å². The van der Waals surface area contributed by atoms with Crippen LogP contribution in [-0.2, 0) is 6.54 Å². The zero-order valence-corrected chi connectivity index (χ0v) is 12.5. The standard InChI is InChI=1S/C14H18Cl2N2/c1-9(2)6-7-18-13-5-4-11(16)8-12(13)17-14(18)10(3)15/h4-5,8-10H,6-7H2,1-3H3. The Hall–Kier alpha value is -0.730. The van der Waals surface area contributed by atoms with Gasteiger partial charge in [0.15, 0.2) is 0 Å². The minimum absolute atomic E-state index is 0.0941. The number of aromatic nitrogens is 2. The molecule has 1 aromatic heterocycles. The van der Waals surface area contributed by atoms with E-state index in [0.29, 0.717) is 10.9 Å². The van der Waals surface area contributed by atoms with Crippen molar-refractivity contribution in [2.75, 3.05) is 0 Å². The summed E-state index contributed by atoms with van der Waals surface area (Å²) in [6, 6.07) is 5.82. The molecule has 0 amide bonds. The number of hydrogen-bond donors (Lipinski definition) is 0. The minimum Gasteiger partial charge on any atom is -0.327 e. The minimum atomic E-state index is -0.0941. The van der Waals surface area contributed by atoms with Crippen molar-refractivity contribution in [3.63, 3.8) is 0 Å². The van der Waals surface area contributed by atoms with Crippen LogP contribution < -0.4 is 0 Å². The van der Waals surface area contributed by atoms with Gasteiger partial charge in [-0.2, -0.15) is 0 Å². The summed E-state index contributed by atoms with van der Waals surface area (Å²) in [6.07, 6.45) is 1.12. The summed E-state index contributed by atoms with van der Waals surface area (Å²) in [4.78, 5) is 4.60. The van der Waals surface area contributed by atoms with Gasteiger partial charge in [0.1, 0.15) is 5.82 Å². The van der Waals surface area contributed by atoms with Crippen LogP contribution in [0, 0.1) is 5.92 Å². The molecule has 0 aliphatic carbocycles. The zero-order chi connectivity index (χ0) is 13.3. The van der Waals surface area contributed by atoms with Gasteiger partial charge in [-0.3, -0.25) is 0 Å². The Labute approximate surface area is 118 Å². The van der Waals surface area contributed by atoms with Gasteiger partial charge in [0.25, 0.3) is 0 Å². The number of aryl methyl sites for hydroxylation is 1. The van der Waals surface area contributed by atoms with E-state index in [0.717, 1.165) is 29.8 Å². The van der Waals surface area contributed by atoms with Crippen LogP contribution in [0.4, 0.5) is 0 Å². The van der Waals surface area contributed by atoms with E-state index in [1.54, 1.807) is 0 Å². The van der Waals surface area contributed by atoms with Crippen molar-refractivity contribution in [1.29, 1.82) is 0 Å². The van der Waals surface area contributed by atoms with E-state index in [4.69, 9.17) is 23.2 Å². The second-order valence-electron chi connectivity index (χ2n) is 5.05. The molecular formula is C14H18Cl2N2. The molecule has 2 rings (SSSR count). The molecule has 2 aromatic rings. The molecule has 0 aliphatic heterocycles. The van der Waals surface area contributed by atoms with E-state index in [1.165, 1.54) is 0 Å². The third-order valence-corrected chi connectivity index (χ3v) is 3.46. The lowest BCUT2D eigenvalue weighted by Crippen LogP contribution is -2.06. The quantitative estimate of drug-likeness (QED) is 0.720. The summed E-state index contributed by atoms with van der Waals surface area (Å²) in [7, 11) is 0. The molecular weight excluding hydrogens is 267 g/mol. The summed E-state index contributed by atoms with van der Waals surface area (Å²) in [5, 5.41) is 0.619. The molecule has 0 aliphatic rings. The molecule has 18 heavy (non-hydrogen) atoms. The first-order chi connectivity index (χ1) is 8.49. The Bertz CT molecular complexity index is 544. The molecule has 2 nitrogen and oxygen atoms in total. The fourth-order valence-corrected chi connectivity index (χ4v) is 2.38. The highest BCUT2D eigenvalue weighted by molar-refractivity contribution is 6.31. The van der Waals surface area contributed by atoms with Crippen molar-refractivity contribution in [2.45, 2.75) is 39.1 Å². The third kappa shape index (κ3) is 2.81.